The molecule has 3 fully saturated rings. The average molecular weight is 494 g/mol. The molecule has 8 heteroatoms. The van der Waals surface area contributed by atoms with E-state index in [-0.39, 0.29) is 30.9 Å². The Morgan fingerprint density at radius 1 is 1.11 bits per heavy atom. The van der Waals surface area contributed by atoms with Crippen LogP contribution in [0.4, 0.5) is 5.69 Å². The zero-order valence-electron chi connectivity index (χ0n) is 21.0. The van der Waals surface area contributed by atoms with Crippen molar-refractivity contribution in [2.75, 3.05) is 25.0 Å². The lowest BCUT2D eigenvalue weighted by atomic mass is 9.65. The van der Waals surface area contributed by atoms with E-state index in [1.165, 1.54) is 0 Å². The standard InChI is InChI=1S/C28H35N3O5/c1-3-14-29-24(33)21-22-26(35)31(15-7-16-32)23(28(22)13-12-27(21,4-2)36-28)25(34)30-20-11-10-18-8-5-6-9-19(18)17-20/h5-6,8-11,17,21-23,32H,3-4,7,12-16H2,1-2H3,(H,29,33)(H,30,34)/t21-,22+,23?,27+,28?/m1/s1. The lowest BCUT2D eigenvalue weighted by molar-refractivity contribution is -0.146. The highest BCUT2D eigenvalue weighted by Crippen LogP contribution is 2.64. The van der Waals surface area contributed by atoms with Crippen LogP contribution in [0.5, 0.6) is 0 Å². The fourth-order valence-electron chi connectivity index (χ4n) is 6.73. The Kier molecular flexibility index (Phi) is 6.51. The zero-order valence-corrected chi connectivity index (χ0v) is 21.0. The van der Waals surface area contributed by atoms with E-state index in [2.05, 4.69) is 10.6 Å². The van der Waals surface area contributed by atoms with Gasteiger partial charge in [0.15, 0.2) is 0 Å². The van der Waals surface area contributed by atoms with Gasteiger partial charge in [0, 0.05) is 25.4 Å². The Bertz CT molecular complexity index is 1180. The summed E-state index contributed by atoms with van der Waals surface area (Å²) >= 11 is 0. The molecule has 3 amide bonds. The van der Waals surface area contributed by atoms with Crippen molar-refractivity contribution in [3.63, 3.8) is 0 Å². The fraction of sp³-hybridized carbons (Fsp3) is 0.536. The van der Waals surface area contributed by atoms with Crippen molar-refractivity contribution in [1.82, 2.24) is 10.2 Å². The Hall–Kier alpha value is -2.97. The summed E-state index contributed by atoms with van der Waals surface area (Å²) in [4.78, 5) is 42.7. The van der Waals surface area contributed by atoms with Crippen LogP contribution in [0.3, 0.4) is 0 Å². The van der Waals surface area contributed by atoms with E-state index in [1.807, 2.05) is 56.3 Å². The molecule has 0 aliphatic carbocycles. The monoisotopic (exact) mass is 493 g/mol. The highest BCUT2D eigenvalue weighted by molar-refractivity contribution is 6.04. The summed E-state index contributed by atoms with van der Waals surface area (Å²) in [6, 6.07) is 12.8. The largest absolute Gasteiger partial charge is 0.396 e. The number of carbonyl (C=O) groups is 3. The molecule has 5 rings (SSSR count). The molecule has 2 bridgehead atoms. The van der Waals surface area contributed by atoms with Crippen molar-refractivity contribution < 1.29 is 24.2 Å². The molecule has 2 aromatic rings. The second-order valence-electron chi connectivity index (χ2n) is 10.3. The van der Waals surface area contributed by atoms with E-state index in [1.54, 1.807) is 4.90 Å². The molecule has 36 heavy (non-hydrogen) atoms. The van der Waals surface area contributed by atoms with Gasteiger partial charge >= 0.3 is 0 Å². The third-order valence-electron chi connectivity index (χ3n) is 8.34. The molecular formula is C28H35N3O5. The smallest absolute Gasteiger partial charge is 0.250 e. The number of likely N-dealkylation sites (tertiary alicyclic amines) is 1. The average Bonchev–Trinajstić information content (AvgIpc) is 3.49. The number of rotatable bonds is 9. The Balaban J connectivity index is 1.51. The maximum atomic E-state index is 13.9. The van der Waals surface area contributed by atoms with Gasteiger partial charge in [0.25, 0.3) is 0 Å². The van der Waals surface area contributed by atoms with Crippen molar-refractivity contribution >= 4 is 34.2 Å². The maximum Gasteiger partial charge on any atom is 0.250 e. The van der Waals surface area contributed by atoms with Crippen LogP contribution in [0.15, 0.2) is 42.5 Å². The lowest BCUT2D eigenvalue weighted by Gasteiger charge is -2.34. The Morgan fingerprint density at radius 2 is 1.89 bits per heavy atom. The first-order chi connectivity index (χ1) is 17.4. The minimum atomic E-state index is -1.06. The lowest BCUT2D eigenvalue weighted by Crippen LogP contribution is -2.53. The van der Waals surface area contributed by atoms with Crippen LogP contribution >= 0.6 is 0 Å². The third kappa shape index (κ3) is 3.69. The van der Waals surface area contributed by atoms with Gasteiger partial charge in [0.2, 0.25) is 17.7 Å². The second-order valence-corrected chi connectivity index (χ2v) is 10.3. The molecule has 3 heterocycles. The van der Waals surface area contributed by atoms with Crippen molar-refractivity contribution in [1.29, 1.82) is 0 Å². The number of aliphatic hydroxyl groups is 1. The van der Waals surface area contributed by atoms with Gasteiger partial charge in [-0.05, 0) is 55.0 Å². The summed E-state index contributed by atoms with van der Waals surface area (Å²) in [6.45, 7) is 4.64. The number of carbonyl (C=O) groups excluding carboxylic acids is 3. The molecule has 1 spiro atoms. The third-order valence-corrected chi connectivity index (χ3v) is 8.34. The fourth-order valence-corrected chi connectivity index (χ4v) is 6.73. The first-order valence-electron chi connectivity index (χ1n) is 13.1. The minimum Gasteiger partial charge on any atom is -0.396 e. The highest BCUT2D eigenvalue weighted by Gasteiger charge is 2.78. The molecule has 192 valence electrons. The summed E-state index contributed by atoms with van der Waals surface area (Å²) < 4.78 is 6.71. The number of hydrogen-bond acceptors (Lipinski definition) is 5. The summed E-state index contributed by atoms with van der Waals surface area (Å²) in [5.74, 6) is -2.06. The van der Waals surface area contributed by atoms with Crippen LogP contribution in [0, 0.1) is 11.8 Å². The number of fused-ring (bicyclic) bond motifs is 2. The summed E-state index contributed by atoms with van der Waals surface area (Å²) in [5.41, 5.74) is -1.16. The van der Waals surface area contributed by atoms with E-state index in [0.29, 0.717) is 37.9 Å². The number of amides is 3. The molecule has 3 saturated heterocycles. The topological polar surface area (TPSA) is 108 Å². The van der Waals surface area contributed by atoms with E-state index in [9.17, 15) is 19.5 Å². The molecule has 0 radical (unpaired) electrons. The number of nitrogens with one attached hydrogen (secondary N) is 2. The van der Waals surface area contributed by atoms with Gasteiger partial charge in [-0.3, -0.25) is 14.4 Å². The molecule has 2 aromatic carbocycles. The van der Waals surface area contributed by atoms with E-state index >= 15 is 0 Å². The van der Waals surface area contributed by atoms with Crippen LogP contribution in [0.2, 0.25) is 0 Å². The van der Waals surface area contributed by atoms with E-state index in [0.717, 1.165) is 17.2 Å². The summed E-state index contributed by atoms with van der Waals surface area (Å²) in [6.07, 6.45) is 2.91. The van der Waals surface area contributed by atoms with Crippen LogP contribution in [0.25, 0.3) is 10.8 Å². The van der Waals surface area contributed by atoms with Gasteiger partial charge < -0.3 is 25.4 Å². The van der Waals surface area contributed by atoms with Crippen molar-refractivity contribution in [3.8, 4) is 0 Å². The van der Waals surface area contributed by atoms with Crippen molar-refractivity contribution in [2.45, 2.75) is 63.2 Å². The van der Waals surface area contributed by atoms with Gasteiger partial charge in [-0.25, -0.2) is 0 Å². The van der Waals surface area contributed by atoms with Gasteiger partial charge in [-0.1, -0.05) is 44.2 Å². The maximum absolute atomic E-state index is 13.9. The molecule has 3 aliphatic heterocycles. The summed E-state index contributed by atoms with van der Waals surface area (Å²) in [5, 5.41) is 17.6. The molecule has 2 unspecified atom stereocenters. The first kappa shape index (κ1) is 24.7. The predicted octanol–water partition coefficient (Wildman–Crippen LogP) is 2.84. The first-order valence-corrected chi connectivity index (χ1v) is 13.1. The molecule has 5 atom stereocenters. The Morgan fingerprint density at radius 3 is 2.61 bits per heavy atom. The SMILES string of the molecule is CCCNC(=O)[C@H]1[C@H]2C(=O)N(CCCO)C(C(=O)Nc3ccc4ccccc4c3)C23CC[C@]1(CC)O3. The number of ether oxygens (including phenoxy) is 1. The van der Waals surface area contributed by atoms with Gasteiger partial charge in [-0.15, -0.1) is 0 Å². The van der Waals surface area contributed by atoms with E-state index < -0.39 is 29.1 Å². The van der Waals surface area contributed by atoms with Crippen LogP contribution in [0.1, 0.15) is 46.0 Å². The normalized spacial score (nSPS) is 30.6. The van der Waals surface area contributed by atoms with E-state index in [4.69, 9.17) is 4.74 Å². The molecule has 3 aliphatic rings. The Labute approximate surface area is 211 Å². The number of hydrogen-bond donors (Lipinski definition) is 3. The number of benzene rings is 2. The molecule has 0 aromatic heterocycles. The van der Waals surface area contributed by atoms with Gasteiger partial charge in [-0.2, -0.15) is 0 Å². The highest BCUT2D eigenvalue weighted by atomic mass is 16.5. The quantitative estimate of drug-likeness (QED) is 0.498. The molecule has 0 saturated carbocycles. The number of aliphatic hydroxyl groups excluding tert-OH is 1. The van der Waals surface area contributed by atoms with Crippen molar-refractivity contribution in [2.24, 2.45) is 11.8 Å². The van der Waals surface area contributed by atoms with Crippen molar-refractivity contribution in [3.05, 3.63) is 42.5 Å². The van der Waals surface area contributed by atoms with Crippen LogP contribution in [-0.4, -0.2) is 64.7 Å². The molecule has 3 N–H and O–H groups in total. The second kappa shape index (κ2) is 9.48. The van der Waals surface area contributed by atoms with Crippen LogP contribution < -0.4 is 10.6 Å². The minimum absolute atomic E-state index is 0.0966. The van der Waals surface area contributed by atoms with Crippen LogP contribution in [-0.2, 0) is 19.1 Å². The molecular weight excluding hydrogens is 458 g/mol. The molecule has 8 nitrogen and oxygen atoms in total. The summed E-state index contributed by atoms with van der Waals surface area (Å²) in [7, 11) is 0. The predicted molar refractivity (Wildman–Crippen MR) is 136 cm³/mol. The van der Waals surface area contributed by atoms with Gasteiger partial charge in [0.1, 0.15) is 11.6 Å². The number of nitrogens with zero attached hydrogens (tertiary/aromatic N) is 1. The van der Waals surface area contributed by atoms with Gasteiger partial charge in [0.05, 0.1) is 17.4 Å². The zero-order chi connectivity index (χ0) is 25.5. The number of anilines is 1.